The molecule has 1 atom stereocenters. The van der Waals surface area contributed by atoms with E-state index in [-0.39, 0.29) is 17.6 Å². The summed E-state index contributed by atoms with van der Waals surface area (Å²) < 4.78 is 59.8. The van der Waals surface area contributed by atoms with Gasteiger partial charge >= 0.3 is 0 Å². The summed E-state index contributed by atoms with van der Waals surface area (Å²) in [4.78, 5) is 7.38. The van der Waals surface area contributed by atoms with Crippen LogP contribution < -0.4 is 14.2 Å². The molecular weight excluding hydrogens is 495 g/mol. The summed E-state index contributed by atoms with van der Waals surface area (Å²) in [5, 5.41) is 18.9. The summed E-state index contributed by atoms with van der Waals surface area (Å²) in [6.07, 6.45) is 1.66. The van der Waals surface area contributed by atoms with Gasteiger partial charge in [-0.3, -0.25) is 9.29 Å². The lowest BCUT2D eigenvalue weighted by atomic mass is 10.1. The van der Waals surface area contributed by atoms with Gasteiger partial charge in [-0.2, -0.15) is 0 Å². The summed E-state index contributed by atoms with van der Waals surface area (Å²) in [7, 11) is -1.40. The molecule has 0 unspecified atom stereocenters. The van der Waals surface area contributed by atoms with Crippen LogP contribution in [0.25, 0.3) is 17.3 Å². The number of rotatable bonds is 9. The Labute approximate surface area is 205 Å². The molecule has 0 aliphatic carbocycles. The monoisotopic (exact) mass is 518 g/mol. The summed E-state index contributed by atoms with van der Waals surface area (Å²) in [5.74, 6) is -0.332. The fourth-order valence-corrected chi connectivity index (χ4v) is 4.88. The Morgan fingerprint density at radius 1 is 1.11 bits per heavy atom. The predicted octanol–water partition coefficient (Wildman–Crippen LogP) is 2.43. The highest BCUT2D eigenvalue weighted by Gasteiger charge is 2.35. The molecule has 0 aliphatic rings. The van der Waals surface area contributed by atoms with E-state index in [1.807, 2.05) is 0 Å². The maximum atomic E-state index is 13.2. The van der Waals surface area contributed by atoms with Gasteiger partial charge in [0, 0.05) is 0 Å². The lowest BCUT2D eigenvalue weighted by Gasteiger charge is -2.22. The number of ether oxygens (including phenoxy) is 2. The van der Waals surface area contributed by atoms with E-state index in [0.29, 0.717) is 28.7 Å². The number of hydrogen-bond acceptors (Lipinski definition) is 10. The zero-order chi connectivity index (χ0) is 26.1. The van der Waals surface area contributed by atoms with E-state index in [4.69, 9.17) is 13.9 Å². The SMILES string of the molecule is COc1cccc(OC)c1-n1c(NS(=O)(=O)C[C@](C)(O)c2ncc(F)cn2)nnc1-c1ccc(C)o1. The molecule has 0 radical (unpaired) electrons. The average Bonchev–Trinajstić information content (AvgIpc) is 3.43. The van der Waals surface area contributed by atoms with Crippen LogP contribution in [0.4, 0.5) is 10.3 Å². The van der Waals surface area contributed by atoms with Crippen molar-refractivity contribution in [2.75, 3.05) is 24.7 Å². The minimum absolute atomic E-state index is 0.164. The van der Waals surface area contributed by atoms with Gasteiger partial charge in [0.25, 0.3) is 0 Å². The van der Waals surface area contributed by atoms with E-state index in [2.05, 4.69) is 24.9 Å². The van der Waals surface area contributed by atoms with Gasteiger partial charge in [-0.25, -0.2) is 22.8 Å². The molecule has 190 valence electrons. The Balaban J connectivity index is 1.80. The predicted molar refractivity (Wildman–Crippen MR) is 126 cm³/mol. The molecule has 36 heavy (non-hydrogen) atoms. The number of aromatic nitrogens is 5. The summed E-state index contributed by atoms with van der Waals surface area (Å²) in [6.45, 7) is 2.95. The normalized spacial score (nSPS) is 13.3. The van der Waals surface area contributed by atoms with Crippen molar-refractivity contribution in [2.24, 2.45) is 0 Å². The second-order valence-corrected chi connectivity index (χ2v) is 9.69. The van der Waals surface area contributed by atoms with E-state index in [9.17, 15) is 17.9 Å². The molecule has 3 heterocycles. The quantitative estimate of drug-likeness (QED) is 0.337. The Morgan fingerprint density at radius 3 is 2.31 bits per heavy atom. The topological polar surface area (TPSA) is 154 Å². The Bertz CT molecular complexity index is 1460. The van der Waals surface area contributed by atoms with Crippen molar-refractivity contribution in [2.45, 2.75) is 19.4 Å². The van der Waals surface area contributed by atoms with E-state index in [0.717, 1.165) is 12.4 Å². The fraction of sp³-hybridized carbons (Fsp3) is 0.273. The number of hydrogen-bond donors (Lipinski definition) is 2. The summed E-state index contributed by atoms with van der Waals surface area (Å²) in [5.41, 5.74) is -1.74. The molecular formula is C22H23FN6O6S. The standard InChI is InChI=1S/C22H23FN6O6S/c1-13-8-9-17(35-13)19-26-27-21(29(19)18-15(33-3)6-5-7-16(18)34-4)28-36(31,32)12-22(2,30)20-24-10-14(23)11-25-20/h5-11,30H,12H2,1-4H3,(H,27,28)/t22-/m0/s1. The average molecular weight is 519 g/mol. The van der Waals surface area contributed by atoms with Gasteiger partial charge in [0.2, 0.25) is 21.8 Å². The number of aliphatic hydroxyl groups is 1. The minimum Gasteiger partial charge on any atom is -0.494 e. The van der Waals surface area contributed by atoms with Crippen LogP contribution in [0.3, 0.4) is 0 Å². The van der Waals surface area contributed by atoms with E-state index < -0.39 is 27.2 Å². The number of anilines is 1. The second kappa shape index (κ2) is 9.54. The third-order valence-electron chi connectivity index (χ3n) is 5.07. The van der Waals surface area contributed by atoms with Crippen LogP contribution in [0.1, 0.15) is 18.5 Å². The first-order chi connectivity index (χ1) is 17.0. The molecule has 0 bridgehead atoms. The zero-order valence-electron chi connectivity index (χ0n) is 19.8. The summed E-state index contributed by atoms with van der Waals surface area (Å²) >= 11 is 0. The van der Waals surface area contributed by atoms with Gasteiger partial charge < -0.3 is 19.0 Å². The van der Waals surface area contributed by atoms with Crippen LogP contribution in [0.15, 0.2) is 47.1 Å². The first kappa shape index (κ1) is 25.1. The molecule has 0 saturated carbocycles. The van der Waals surface area contributed by atoms with Crippen LogP contribution in [0.5, 0.6) is 11.5 Å². The van der Waals surface area contributed by atoms with Gasteiger partial charge in [-0.1, -0.05) is 6.07 Å². The largest absolute Gasteiger partial charge is 0.494 e. The van der Waals surface area contributed by atoms with Crippen LogP contribution in [-0.2, 0) is 15.6 Å². The number of nitrogens with zero attached hydrogens (tertiary/aromatic N) is 5. The number of furan rings is 1. The molecule has 0 fully saturated rings. The molecule has 1 aromatic carbocycles. The van der Waals surface area contributed by atoms with Gasteiger partial charge in [-0.15, -0.1) is 10.2 Å². The molecule has 3 aromatic heterocycles. The molecule has 0 aliphatic heterocycles. The first-order valence-corrected chi connectivity index (χ1v) is 12.1. The fourth-order valence-electron chi connectivity index (χ4n) is 3.53. The Morgan fingerprint density at radius 2 is 1.75 bits per heavy atom. The molecule has 0 amide bonds. The Kier molecular flexibility index (Phi) is 6.65. The smallest absolute Gasteiger partial charge is 0.243 e. The number of aryl methyl sites for hydroxylation is 1. The van der Waals surface area contributed by atoms with Gasteiger partial charge in [0.05, 0.1) is 26.6 Å². The van der Waals surface area contributed by atoms with Crippen molar-refractivity contribution in [3.8, 4) is 28.8 Å². The van der Waals surface area contributed by atoms with E-state index in [1.165, 1.54) is 25.7 Å². The second-order valence-electron chi connectivity index (χ2n) is 7.96. The third kappa shape index (κ3) is 4.99. The highest BCUT2D eigenvalue weighted by molar-refractivity contribution is 7.92. The maximum Gasteiger partial charge on any atom is 0.243 e. The maximum absolute atomic E-state index is 13.2. The molecule has 14 heteroatoms. The number of halogens is 1. The number of sulfonamides is 1. The van der Waals surface area contributed by atoms with Crippen molar-refractivity contribution in [1.82, 2.24) is 24.7 Å². The zero-order valence-corrected chi connectivity index (χ0v) is 20.6. The number of methoxy groups -OCH3 is 2. The van der Waals surface area contributed by atoms with Crippen molar-refractivity contribution in [3.63, 3.8) is 0 Å². The van der Waals surface area contributed by atoms with Crippen LogP contribution in [0.2, 0.25) is 0 Å². The van der Waals surface area contributed by atoms with Crippen LogP contribution in [0, 0.1) is 12.7 Å². The Hall–Kier alpha value is -4.04. The minimum atomic E-state index is -4.29. The summed E-state index contributed by atoms with van der Waals surface area (Å²) in [6, 6.07) is 8.39. The third-order valence-corrected chi connectivity index (χ3v) is 6.50. The highest BCUT2D eigenvalue weighted by Crippen LogP contribution is 2.38. The van der Waals surface area contributed by atoms with Crippen LogP contribution >= 0.6 is 0 Å². The van der Waals surface area contributed by atoms with E-state index >= 15 is 0 Å². The first-order valence-electron chi connectivity index (χ1n) is 10.5. The van der Waals surface area contributed by atoms with Gasteiger partial charge in [0.1, 0.15) is 34.3 Å². The van der Waals surface area contributed by atoms with Gasteiger partial charge in [-0.05, 0) is 38.1 Å². The number of para-hydroxylation sites is 1. The number of benzene rings is 1. The number of nitrogens with one attached hydrogen (secondary N) is 1. The van der Waals surface area contributed by atoms with E-state index in [1.54, 1.807) is 37.3 Å². The highest BCUT2D eigenvalue weighted by atomic mass is 32.2. The molecule has 12 nitrogen and oxygen atoms in total. The van der Waals surface area contributed by atoms with Crippen molar-refractivity contribution < 1.29 is 31.8 Å². The lowest BCUT2D eigenvalue weighted by Crippen LogP contribution is -2.36. The molecule has 2 N–H and O–H groups in total. The molecule has 4 aromatic rings. The van der Waals surface area contributed by atoms with Gasteiger partial charge in [0.15, 0.2) is 17.4 Å². The van der Waals surface area contributed by atoms with Crippen LogP contribution in [-0.4, -0.2) is 58.2 Å². The van der Waals surface area contributed by atoms with Crippen molar-refractivity contribution in [3.05, 3.63) is 60.1 Å². The molecule has 0 saturated heterocycles. The molecule has 4 rings (SSSR count). The van der Waals surface area contributed by atoms with Crippen molar-refractivity contribution >= 4 is 16.0 Å². The lowest BCUT2D eigenvalue weighted by molar-refractivity contribution is 0.0719. The van der Waals surface area contributed by atoms with Crippen molar-refractivity contribution in [1.29, 1.82) is 0 Å². The molecule has 0 spiro atoms.